The van der Waals surface area contributed by atoms with Crippen LogP contribution in [0, 0.1) is 0 Å². The molecule has 6 heteroatoms. The number of benzene rings is 2. The van der Waals surface area contributed by atoms with E-state index in [-0.39, 0.29) is 17.9 Å². The second kappa shape index (κ2) is 8.94. The molecule has 0 aromatic heterocycles. The highest BCUT2D eigenvalue weighted by molar-refractivity contribution is 5.70. The molecule has 1 saturated heterocycles. The summed E-state index contributed by atoms with van der Waals surface area (Å²) in [7, 11) is 1.90. The van der Waals surface area contributed by atoms with E-state index < -0.39 is 0 Å². The summed E-state index contributed by atoms with van der Waals surface area (Å²) in [6, 6.07) is 14.0. The average molecular weight is 344 g/mol. The highest BCUT2D eigenvalue weighted by Crippen LogP contribution is 2.24. The predicted octanol–water partition coefficient (Wildman–Crippen LogP) is 3.02. The summed E-state index contributed by atoms with van der Waals surface area (Å²) in [6.07, 6.45) is -0.268. The first kappa shape index (κ1) is 18.6. The normalized spacial score (nSPS) is 14.5. The smallest absolute Gasteiger partial charge is 0.410 e. The lowest BCUT2D eigenvalue weighted by Gasteiger charge is -2.21. The highest BCUT2D eigenvalue weighted by Gasteiger charge is 2.27. The van der Waals surface area contributed by atoms with Gasteiger partial charge in [-0.15, -0.1) is 0 Å². The van der Waals surface area contributed by atoms with E-state index in [9.17, 15) is 4.79 Å². The van der Waals surface area contributed by atoms with E-state index in [1.54, 1.807) is 29.2 Å². The Bertz CT molecular complexity index is 671. The Balaban J connectivity index is 0.000000196. The van der Waals surface area contributed by atoms with Crippen molar-refractivity contribution in [2.75, 3.05) is 20.2 Å². The number of aromatic hydroxyl groups is 2. The van der Waals surface area contributed by atoms with Gasteiger partial charge in [-0.25, -0.2) is 4.79 Å². The Labute approximate surface area is 147 Å². The molecule has 1 aliphatic heterocycles. The van der Waals surface area contributed by atoms with Gasteiger partial charge in [-0.3, -0.25) is 4.90 Å². The maximum absolute atomic E-state index is 11.3. The van der Waals surface area contributed by atoms with E-state index in [0.29, 0.717) is 18.9 Å². The van der Waals surface area contributed by atoms with Gasteiger partial charge in [-0.05, 0) is 49.4 Å². The molecule has 1 aliphatic rings. The molecule has 1 unspecified atom stereocenters. The number of phenolic OH excluding ortho intramolecular Hbond substituents is 2. The fourth-order valence-corrected chi connectivity index (χ4v) is 2.51. The van der Waals surface area contributed by atoms with Crippen LogP contribution in [0.25, 0.3) is 0 Å². The summed E-state index contributed by atoms with van der Waals surface area (Å²) in [4.78, 5) is 13.0. The third-order valence-electron chi connectivity index (χ3n) is 3.95. The molecule has 0 saturated carbocycles. The van der Waals surface area contributed by atoms with Crippen LogP contribution in [0.1, 0.15) is 24.1 Å². The number of nitrogens with zero attached hydrogens (tertiary/aromatic N) is 1. The van der Waals surface area contributed by atoms with Gasteiger partial charge in [0, 0.05) is 6.54 Å². The Morgan fingerprint density at radius 1 is 1.08 bits per heavy atom. The van der Waals surface area contributed by atoms with Gasteiger partial charge in [0.2, 0.25) is 0 Å². The van der Waals surface area contributed by atoms with E-state index in [4.69, 9.17) is 14.9 Å². The minimum absolute atomic E-state index is 0.0133. The van der Waals surface area contributed by atoms with Gasteiger partial charge in [0.05, 0.1) is 12.6 Å². The van der Waals surface area contributed by atoms with Crippen LogP contribution < -0.4 is 5.32 Å². The standard InChI is InChI=1S/C11H13NO3.C8H11NO/c1-8(12-6-7-15-11(12)14)9-2-4-10(13)5-3-9;1-9-6-7-2-4-8(10)5-3-7/h2-5,8,13H,6-7H2,1H3;2-5,9-10H,6H2,1H3. The number of phenols is 2. The van der Waals surface area contributed by atoms with Gasteiger partial charge in [-0.1, -0.05) is 24.3 Å². The van der Waals surface area contributed by atoms with Crippen molar-refractivity contribution < 1.29 is 19.7 Å². The fraction of sp³-hybridized carbons (Fsp3) is 0.316. The number of ether oxygens (including phenoxy) is 1. The molecular weight excluding hydrogens is 320 g/mol. The lowest BCUT2D eigenvalue weighted by molar-refractivity contribution is 0.150. The maximum atomic E-state index is 11.3. The summed E-state index contributed by atoms with van der Waals surface area (Å²) in [5.41, 5.74) is 2.17. The number of hydrogen-bond acceptors (Lipinski definition) is 5. The molecule has 1 atom stereocenters. The van der Waals surface area contributed by atoms with Crippen LogP contribution in [-0.4, -0.2) is 41.4 Å². The van der Waals surface area contributed by atoms with Crippen LogP contribution in [0.4, 0.5) is 4.79 Å². The summed E-state index contributed by atoms with van der Waals surface area (Å²) in [5.74, 6) is 0.551. The van der Waals surface area contributed by atoms with E-state index in [2.05, 4.69) is 5.32 Å². The zero-order valence-corrected chi connectivity index (χ0v) is 14.5. The first-order valence-electron chi connectivity index (χ1n) is 8.16. The molecule has 0 bridgehead atoms. The van der Waals surface area contributed by atoms with Crippen LogP contribution in [-0.2, 0) is 11.3 Å². The van der Waals surface area contributed by atoms with Crippen LogP contribution in [0.15, 0.2) is 48.5 Å². The Morgan fingerprint density at radius 3 is 2.12 bits per heavy atom. The van der Waals surface area contributed by atoms with Crippen molar-refractivity contribution in [1.82, 2.24) is 10.2 Å². The molecule has 3 N–H and O–H groups in total. The molecule has 1 amide bonds. The van der Waals surface area contributed by atoms with Gasteiger partial charge < -0.3 is 20.3 Å². The van der Waals surface area contributed by atoms with Crippen LogP contribution >= 0.6 is 0 Å². The van der Waals surface area contributed by atoms with Gasteiger partial charge in [0.1, 0.15) is 18.1 Å². The summed E-state index contributed by atoms with van der Waals surface area (Å²) < 4.78 is 4.87. The molecule has 2 aromatic rings. The molecule has 134 valence electrons. The molecule has 25 heavy (non-hydrogen) atoms. The second-order valence-electron chi connectivity index (χ2n) is 5.77. The SMILES string of the molecule is CC(c1ccc(O)cc1)N1CCOC1=O.CNCc1ccc(O)cc1. The number of carbonyl (C=O) groups excluding carboxylic acids is 1. The van der Waals surface area contributed by atoms with Gasteiger partial charge >= 0.3 is 6.09 Å². The van der Waals surface area contributed by atoms with Gasteiger partial charge in [0.15, 0.2) is 0 Å². The molecule has 0 aliphatic carbocycles. The fourth-order valence-electron chi connectivity index (χ4n) is 2.51. The minimum Gasteiger partial charge on any atom is -0.508 e. The Hall–Kier alpha value is -2.73. The third-order valence-corrected chi connectivity index (χ3v) is 3.95. The van der Waals surface area contributed by atoms with Crippen molar-refractivity contribution in [2.45, 2.75) is 19.5 Å². The monoisotopic (exact) mass is 344 g/mol. The molecule has 6 nitrogen and oxygen atoms in total. The van der Waals surface area contributed by atoms with Crippen molar-refractivity contribution in [3.05, 3.63) is 59.7 Å². The van der Waals surface area contributed by atoms with Crippen LogP contribution in [0.2, 0.25) is 0 Å². The van der Waals surface area contributed by atoms with Crippen molar-refractivity contribution in [3.63, 3.8) is 0 Å². The highest BCUT2D eigenvalue weighted by atomic mass is 16.6. The molecular formula is C19H24N2O4. The second-order valence-corrected chi connectivity index (χ2v) is 5.77. The minimum atomic E-state index is -0.268. The van der Waals surface area contributed by atoms with Crippen LogP contribution in [0.3, 0.4) is 0 Å². The summed E-state index contributed by atoms with van der Waals surface area (Å²) >= 11 is 0. The molecule has 1 fully saturated rings. The number of amides is 1. The van der Waals surface area contributed by atoms with E-state index in [0.717, 1.165) is 12.1 Å². The van der Waals surface area contributed by atoms with E-state index >= 15 is 0 Å². The largest absolute Gasteiger partial charge is 0.508 e. The number of nitrogens with one attached hydrogen (secondary N) is 1. The number of carbonyl (C=O) groups is 1. The average Bonchev–Trinajstić information content (AvgIpc) is 3.04. The zero-order chi connectivity index (χ0) is 18.2. The Morgan fingerprint density at radius 2 is 1.64 bits per heavy atom. The zero-order valence-electron chi connectivity index (χ0n) is 14.5. The van der Waals surface area contributed by atoms with Crippen LogP contribution in [0.5, 0.6) is 11.5 Å². The quantitative estimate of drug-likeness (QED) is 0.794. The van der Waals surface area contributed by atoms with Crippen molar-refractivity contribution in [2.24, 2.45) is 0 Å². The first-order chi connectivity index (χ1) is 12.0. The lowest BCUT2D eigenvalue weighted by Crippen LogP contribution is -2.27. The molecule has 0 spiro atoms. The maximum Gasteiger partial charge on any atom is 0.410 e. The Kier molecular flexibility index (Phi) is 6.65. The summed E-state index contributed by atoms with van der Waals surface area (Å²) in [6.45, 7) is 3.88. The van der Waals surface area contributed by atoms with E-state index in [1.807, 2.05) is 38.2 Å². The van der Waals surface area contributed by atoms with Gasteiger partial charge in [0.25, 0.3) is 0 Å². The van der Waals surface area contributed by atoms with Crippen molar-refractivity contribution >= 4 is 6.09 Å². The number of cyclic esters (lactones) is 1. The number of rotatable bonds is 4. The summed E-state index contributed by atoms with van der Waals surface area (Å²) in [5, 5.41) is 21.1. The topological polar surface area (TPSA) is 82.0 Å². The van der Waals surface area contributed by atoms with E-state index in [1.165, 1.54) is 5.56 Å². The molecule has 1 heterocycles. The molecule has 0 radical (unpaired) electrons. The predicted molar refractivity (Wildman–Crippen MR) is 95.4 cm³/mol. The first-order valence-corrected chi connectivity index (χ1v) is 8.16. The van der Waals surface area contributed by atoms with Crippen molar-refractivity contribution in [3.8, 4) is 11.5 Å². The molecule has 2 aromatic carbocycles. The molecule has 3 rings (SSSR count). The van der Waals surface area contributed by atoms with Crippen molar-refractivity contribution in [1.29, 1.82) is 0 Å². The number of hydrogen-bond donors (Lipinski definition) is 3. The van der Waals surface area contributed by atoms with Gasteiger partial charge in [-0.2, -0.15) is 0 Å². The lowest BCUT2D eigenvalue weighted by atomic mass is 10.1. The third kappa shape index (κ3) is 5.39.